The van der Waals surface area contributed by atoms with Gasteiger partial charge in [0.05, 0.1) is 11.3 Å². The number of aromatic nitrogens is 2. The van der Waals surface area contributed by atoms with Crippen LogP contribution in [0.3, 0.4) is 0 Å². The average Bonchev–Trinajstić information content (AvgIpc) is 3.21. The lowest BCUT2D eigenvalue weighted by Crippen LogP contribution is -2.46. The largest absolute Gasteiger partial charge is 0.416 e. The smallest absolute Gasteiger partial charge is 0.369 e. The van der Waals surface area contributed by atoms with E-state index in [2.05, 4.69) is 39.6 Å². The zero-order valence-electron chi connectivity index (χ0n) is 19.5. The predicted octanol–water partition coefficient (Wildman–Crippen LogP) is 6.19. The Morgan fingerprint density at radius 3 is 2.26 bits per heavy atom. The molecule has 0 unspecified atom stereocenters. The van der Waals surface area contributed by atoms with E-state index in [0.717, 1.165) is 48.5 Å². The number of alkyl halides is 3. The number of halogens is 3. The molecule has 35 heavy (non-hydrogen) atoms. The summed E-state index contributed by atoms with van der Waals surface area (Å²) in [6.45, 7) is 5.84. The molecule has 0 amide bonds. The van der Waals surface area contributed by atoms with Gasteiger partial charge in [0.15, 0.2) is 0 Å². The zero-order valence-corrected chi connectivity index (χ0v) is 19.5. The van der Waals surface area contributed by atoms with Crippen molar-refractivity contribution in [2.75, 3.05) is 31.1 Å². The molecule has 4 nitrogen and oxygen atoms in total. The van der Waals surface area contributed by atoms with Crippen LogP contribution >= 0.6 is 0 Å². The molecule has 4 aromatic rings. The quantitative estimate of drug-likeness (QED) is 0.343. The van der Waals surface area contributed by atoms with Gasteiger partial charge in [0, 0.05) is 50.3 Å². The van der Waals surface area contributed by atoms with Crippen molar-refractivity contribution in [3.63, 3.8) is 0 Å². The van der Waals surface area contributed by atoms with E-state index >= 15 is 0 Å². The maximum atomic E-state index is 13.1. The molecule has 0 saturated carbocycles. The van der Waals surface area contributed by atoms with Gasteiger partial charge in [0.25, 0.3) is 0 Å². The van der Waals surface area contributed by atoms with Crippen LogP contribution in [-0.4, -0.2) is 40.6 Å². The lowest BCUT2D eigenvalue weighted by Gasteiger charge is -2.36. The third-order valence-corrected chi connectivity index (χ3v) is 6.60. The summed E-state index contributed by atoms with van der Waals surface area (Å²) in [5.41, 5.74) is 4.62. The highest BCUT2D eigenvalue weighted by Gasteiger charge is 2.31. The third kappa shape index (κ3) is 4.95. The molecule has 1 saturated heterocycles. The minimum Gasteiger partial charge on any atom is -0.369 e. The van der Waals surface area contributed by atoms with Crippen molar-refractivity contribution in [1.29, 1.82) is 0 Å². The molecule has 2 aromatic heterocycles. The van der Waals surface area contributed by atoms with Gasteiger partial charge in [0.1, 0.15) is 5.82 Å². The molecule has 1 aliphatic heterocycles. The summed E-state index contributed by atoms with van der Waals surface area (Å²) >= 11 is 0. The number of hydrogen-bond acceptors (Lipinski definition) is 3. The van der Waals surface area contributed by atoms with Gasteiger partial charge in [-0.2, -0.15) is 13.2 Å². The van der Waals surface area contributed by atoms with E-state index in [1.807, 2.05) is 41.3 Å². The topological polar surface area (TPSA) is 24.3 Å². The standard InChI is InChI=1S/C28H27F3N4/c1-21-23(18-26(22-8-3-2-4-9-22)35(21)27-12-5-6-13-32-27)20-33-14-16-34(17-15-33)25-11-7-10-24(19-25)28(29,30)31/h2-13,18-19H,14-17,20H2,1H3. The van der Waals surface area contributed by atoms with E-state index in [0.29, 0.717) is 18.8 Å². The fraction of sp³-hybridized carbons (Fsp3) is 0.250. The molecule has 0 atom stereocenters. The second kappa shape index (κ2) is 9.58. The summed E-state index contributed by atoms with van der Waals surface area (Å²) < 4.78 is 41.6. The number of benzene rings is 2. The lowest BCUT2D eigenvalue weighted by atomic mass is 10.1. The molecule has 5 rings (SSSR count). The second-order valence-corrected chi connectivity index (χ2v) is 8.84. The fourth-order valence-electron chi connectivity index (χ4n) is 4.70. The van der Waals surface area contributed by atoms with Crippen LogP contribution in [0.15, 0.2) is 85.1 Å². The van der Waals surface area contributed by atoms with Crippen LogP contribution in [0, 0.1) is 6.92 Å². The number of nitrogens with zero attached hydrogens (tertiary/aromatic N) is 4. The molecule has 0 aliphatic carbocycles. The van der Waals surface area contributed by atoms with E-state index in [-0.39, 0.29) is 0 Å². The number of piperazine rings is 1. The molecule has 1 aliphatic rings. The molecule has 0 N–H and O–H groups in total. The van der Waals surface area contributed by atoms with Crippen LogP contribution in [0.25, 0.3) is 17.1 Å². The van der Waals surface area contributed by atoms with Crippen LogP contribution in [-0.2, 0) is 12.7 Å². The monoisotopic (exact) mass is 476 g/mol. The van der Waals surface area contributed by atoms with Gasteiger partial charge in [-0.3, -0.25) is 9.47 Å². The SMILES string of the molecule is Cc1c(CN2CCN(c3cccc(C(F)(F)F)c3)CC2)cc(-c2ccccc2)n1-c1ccccn1. The Balaban J connectivity index is 1.35. The van der Waals surface area contributed by atoms with Crippen LogP contribution in [0.2, 0.25) is 0 Å². The van der Waals surface area contributed by atoms with E-state index in [1.54, 1.807) is 12.3 Å². The third-order valence-electron chi connectivity index (χ3n) is 6.60. The van der Waals surface area contributed by atoms with Gasteiger partial charge in [-0.05, 0) is 54.4 Å². The second-order valence-electron chi connectivity index (χ2n) is 8.84. The predicted molar refractivity (Wildman–Crippen MR) is 133 cm³/mol. The first kappa shape index (κ1) is 23.2. The van der Waals surface area contributed by atoms with Crippen LogP contribution in [0.5, 0.6) is 0 Å². The Bertz CT molecular complexity index is 1270. The minimum atomic E-state index is -4.33. The number of rotatable bonds is 5. The van der Waals surface area contributed by atoms with E-state index < -0.39 is 11.7 Å². The van der Waals surface area contributed by atoms with E-state index in [1.165, 1.54) is 17.7 Å². The summed E-state index contributed by atoms with van der Waals surface area (Å²) in [6.07, 6.45) is -2.52. The Labute approximate surface area is 203 Å². The van der Waals surface area contributed by atoms with E-state index in [9.17, 15) is 13.2 Å². The van der Waals surface area contributed by atoms with Crippen molar-refractivity contribution in [3.05, 3.63) is 102 Å². The normalized spacial score (nSPS) is 14.9. The molecule has 1 fully saturated rings. The summed E-state index contributed by atoms with van der Waals surface area (Å²) in [5.74, 6) is 0.879. The van der Waals surface area contributed by atoms with Crippen LogP contribution in [0.4, 0.5) is 18.9 Å². The molecule has 0 radical (unpaired) electrons. The summed E-state index contributed by atoms with van der Waals surface area (Å²) in [6, 6.07) is 24.0. The molecular weight excluding hydrogens is 449 g/mol. The maximum absolute atomic E-state index is 13.1. The Morgan fingerprint density at radius 1 is 0.829 bits per heavy atom. The Kier molecular flexibility index (Phi) is 6.34. The van der Waals surface area contributed by atoms with Gasteiger partial charge in [0.2, 0.25) is 0 Å². The highest BCUT2D eigenvalue weighted by Crippen LogP contribution is 2.33. The first-order valence-corrected chi connectivity index (χ1v) is 11.7. The van der Waals surface area contributed by atoms with Crippen LogP contribution < -0.4 is 4.90 Å². The molecule has 180 valence electrons. The van der Waals surface area contributed by atoms with Crippen LogP contribution in [0.1, 0.15) is 16.8 Å². The van der Waals surface area contributed by atoms with Crippen molar-refractivity contribution >= 4 is 5.69 Å². The molecule has 0 spiro atoms. The first-order valence-electron chi connectivity index (χ1n) is 11.7. The van der Waals surface area contributed by atoms with Crippen molar-refractivity contribution in [2.24, 2.45) is 0 Å². The first-order chi connectivity index (χ1) is 16.9. The van der Waals surface area contributed by atoms with Gasteiger partial charge in [-0.25, -0.2) is 4.98 Å². The molecule has 2 aromatic carbocycles. The Morgan fingerprint density at radius 2 is 1.57 bits per heavy atom. The van der Waals surface area contributed by atoms with Gasteiger partial charge < -0.3 is 4.90 Å². The zero-order chi connectivity index (χ0) is 24.4. The van der Waals surface area contributed by atoms with E-state index in [4.69, 9.17) is 0 Å². The highest BCUT2D eigenvalue weighted by molar-refractivity contribution is 5.65. The summed E-state index contributed by atoms with van der Waals surface area (Å²) in [5, 5.41) is 0. The molecular formula is C28H27F3N4. The molecule has 3 heterocycles. The maximum Gasteiger partial charge on any atom is 0.416 e. The number of anilines is 1. The highest BCUT2D eigenvalue weighted by atomic mass is 19.4. The van der Waals surface area contributed by atoms with Crippen molar-refractivity contribution in [1.82, 2.24) is 14.5 Å². The fourth-order valence-corrected chi connectivity index (χ4v) is 4.70. The Hall–Kier alpha value is -3.58. The number of pyridine rings is 1. The number of hydrogen-bond donors (Lipinski definition) is 0. The molecule has 0 bridgehead atoms. The van der Waals surface area contributed by atoms with Gasteiger partial charge >= 0.3 is 6.18 Å². The average molecular weight is 477 g/mol. The van der Waals surface area contributed by atoms with Crippen molar-refractivity contribution in [3.8, 4) is 17.1 Å². The van der Waals surface area contributed by atoms with Gasteiger partial charge in [-0.1, -0.05) is 42.5 Å². The summed E-state index contributed by atoms with van der Waals surface area (Å²) in [4.78, 5) is 8.99. The minimum absolute atomic E-state index is 0.600. The molecule has 7 heteroatoms. The lowest BCUT2D eigenvalue weighted by molar-refractivity contribution is -0.137. The summed E-state index contributed by atoms with van der Waals surface area (Å²) in [7, 11) is 0. The van der Waals surface area contributed by atoms with Gasteiger partial charge in [-0.15, -0.1) is 0 Å². The van der Waals surface area contributed by atoms with Crippen molar-refractivity contribution < 1.29 is 13.2 Å². The van der Waals surface area contributed by atoms with Crippen molar-refractivity contribution in [2.45, 2.75) is 19.6 Å².